The SMILES string of the molecule is COC(=O)c1c(N)c(C#N)cn1-c1ccc2c(c1)N(C(C)=O)c1ccccc1CC2. The quantitative estimate of drug-likeness (QED) is 0.664. The number of fused-ring (bicyclic) bond motifs is 2. The molecule has 0 atom stereocenters. The summed E-state index contributed by atoms with van der Waals surface area (Å²) in [7, 11) is 1.26. The average Bonchev–Trinajstić information content (AvgIpc) is 2.99. The fourth-order valence-corrected chi connectivity index (χ4v) is 3.92. The van der Waals surface area contributed by atoms with E-state index in [2.05, 4.69) is 0 Å². The summed E-state index contributed by atoms with van der Waals surface area (Å²) in [6.07, 6.45) is 3.10. The normalized spacial score (nSPS) is 12.4. The van der Waals surface area contributed by atoms with Crippen molar-refractivity contribution in [2.45, 2.75) is 19.8 Å². The Morgan fingerprint density at radius 2 is 1.80 bits per heavy atom. The number of nitrogen functional groups attached to an aromatic ring is 1. The number of aryl methyl sites for hydroxylation is 2. The van der Waals surface area contributed by atoms with Gasteiger partial charge in [0.05, 0.1) is 29.7 Å². The van der Waals surface area contributed by atoms with Crippen molar-refractivity contribution in [2.24, 2.45) is 0 Å². The number of anilines is 3. The molecule has 1 aromatic heterocycles. The molecule has 2 heterocycles. The van der Waals surface area contributed by atoms with Gasteiger partial charge in [0.1, 0.15) is 6.07 Å². The molecule has 0 fully saturated rings. The zero-order chi connectivity index (χ0) is 21.4. The highest BCUT2D eigenvalue weighted by Crippen LogP contribution is 2.38. The number of aromatic nitrogens is 1. The molecule has 0 bridgehead atoms. The van der Waals surface area contributed by atoms with E-state index in [0.29, 0.717) is 5.69 Å². The van der Waals surface area contributed by atoms with E-state index in [1.54, 1.807) is 4.90 Å². The van der Waals surface area contributed by atoms with Crippen LogP contribution in [0.3, 0.4) is 0 Å². The van der Waals surface area contributed by atoms with Gasteiger partial charge in [-0.05, 0) is 42.2 Å². The predicted octanol–water partition coefficient (Wildman–Crippen LogP) is 3.50. The van der Waals surface area contributed by atoms with Gasteiger partial charge in [-0.15, -0.1) is 0 Å². The Bertz CT molecular complexity index is 1220. The molecular weight excluding hydrogens is 380 g/mol. The summed E-state index contributed by atoms with van der Waals surface area (Å²) >= 11 is 0. The van der Waals surface area contributed by atoms with Crippen molar-refractivity contribution in [3.63, 3.8) is 0 Å². The summed E-state index contributed by atoms with van der Waals surface area (Å²) in [6.45, 7) is 1.53. The number of amides is 1. The Labute approximate surface area is 173 Å². The summed E-state index contributed by atoms with van der Waals surface area (Å²) in [6, 6.07) is 15.5. The fourth-order valence-electron chi connectivity index (χ4n) is 3.92. The van der Waals surface area contributed by atoms with E-state index in [4.69, 9.17) is 10.5 Å². The molecule has 7 nitrogen and oxygen atoms in total. The van der Waals surface area contributed by atoms with Gasteiger partial charge in [0, 0.05) is 18.8 Å². The monoisotopic (exact) mass is 400 g/mol. The van der Waals surface area contributed by atoms with Gasteiger partial charge in [-0.1, -0.05) is 24.3 Å². The Kier molecular flexibility index (Phi) is 4.76. The molecule has 1 aliphatic heterocycles. The van der Waals surface area contributed by atoms with E-state index in [9.17, 15) is 14.9 Å². The third-order valence-corrected chi connectivity index (χ3v) is 5.34. The number of esters is 1. The van der Waals surface area contributed by atoms with Gasteiger partial charge >= 0.3 is 5.97 Å². The molecule has 2 N–H and O–H groups in total. The second kappa shape index (κ2) is 7.41. The summed E-state index contributed by atoms with van der Waals surface area (Å²) < 4.78 is 6.40. The lowest BCUT2D eigenvalue weighted by molar-refractivity contribution is -0.115. The molecule has 2 aromatic carbocycles. The molecule has 30 heavy (non-hydrogen) atoms. The van der Waals surface area contributed by atoms with Crippen molar-refractivity contribution in [1.82, 2.24) is 4.57 Å². The zero-order valence-electron chi connectivity index (χ0n) is 16.7. The second-order valence-electron chi connectivity index (χ2n) is 7.07. The smallest absolute Gasteiger partial charge is 0.357 e. The predicted molar refractivity (Wildman–Crippen MR) is 113 cm³/mol. The van der Waals surface area contributed by atoms with Gasteiger partial charge in [-0.25, -0.2) is 4.79 Å². The Morgan fingerprint density at radius 1 is 1.10 bits per heavy atom. The fraction of sp³-hybridized carbons (Fsp3) is 0.174. The molecule has 0 spiro atoms. The van der Waals surface area contributed by atoms with Crippen LogP contribution in [0.25, 0.3) is 5.69 Å². The van der Waals surface area contributed by atoms with E-state index in [1.807, 2.05) is 48.5 Å². The molecule has 0 saturated heterocycles. The summed E-state index contributed by atoms with van der Waals surface area (Å²) in [5.74, 6) is -0.751. The van der Waals surface area contributed by atoms with Crippen LogP contribution in [0.4, 0.5) is 17.1 Å². The number of hydrogen-bond acceptors (Lipinski definition) is 5. The van der Waals surface area contributed by atoms with Gasteiger partial charge in [0.2, 0.25) is 5.91 Å². The molecule has 1 amide bonds. The molecule has 150 valence electrons. The largest absolute Gasteiger partial charge is 0.464 e. The van der Waals surface area contributed by atoms with Gasteiger partial charge in [0.15, 0.2) is 5.69 Å². The van der Waals surface area contributed by atoms with Crippen molar-refractivity contribution < 1.29 is 14.3 Å². The number of rotatable bonds is 2. The van der Waals surface area contributed by atoms with Crippen LogP contribution in [0.15, 0.2) is 48.7 Å². The standard InChI is InChI=1S/C23H20N4O3/c1-14(28)27-19-6-4-3-5-15(19)7-8-16-9-10-18(11-20(16)27)26-13-17(12-24)21(25)22(26)23(29)30-2/h3-6,9-11,13H,7-8,25H2,1-2H3. The highest BCUT2D eigenvalue weighted by molar-refractivity contribution is 6.01. The van der Waals surface area contributed by atoms with E-state index in [-0.39, 0.29) is 22.9 Å². The summed E-state index contributed by atoms with van der Waals surface area (Å²) in [5.41, 5.74) is 10.7. The molecule has 3 aromatic rings. The maximum absolute atomic E-state index is 12.6. The van der Waals surface area contributed by atoms with Crippen molar-refractivity contribution in [3.8, 4) is 11.8 Å². The molecule has 0 radical (unpaired) electrons. The number of ether oxygens (including phenoxy) is 1. The minimum Gasteiger partial charge on any atom is -0.464 e. The zero-order valence-corrected chi connectivity index (χ0v) is 16.7. The van der Waals surface area contributed by atoms with E-state index in [0.717, 1.165) is 35.3 Å². The molecule has 4 rings (SSSR count). The van der Waals surface area contributed by atoms with E-state index in [1.165, 1.54) is 24.8 Å². The number of methoxy groups -OCH3 is 1. The molecule has 0 aliphatic carbocycles. The molecule has 0 unspecified atom stereocenters. The Morgan fingerprint density at radius 3 is 2.47 bits per heavy atom. The van der Waals surface area contributed by atoms with Crippen molar-refractivity contribution in [3.05, 3.63) is 71.0 Å². The van der Waals surface area contributed by atoms with Crippen LogP contribution >= 0.6 is 0 Å². The van der Waals surface area contributed by atoms with Gasteiger partial charge in [0.25, 0.3) is 0 Å². The lowest BCUT2D eigenvalue weighted by atomic mass is 10.0. The van der Waals surface area contributed by atoms with Crippen LogP contribution in [-0.4, -0.2) is 23.6 Å². The number of carbonyl (C=O) groups excluding carboxylic acids is 2. The lowest BCUT2D eigenvalue weighted by Gasteiger charge is -2.24. The van der Waals surface area contributed by atoms with Crippen LogP contribution in [0.5, 0.6) is 0 Å². The first-order chi connectivity index (χ1) is 14.5. The van der Waals surface area contributed by atoms with Crippen molar-refractivity contribution >= 4 is 28.9 Å². The van der Waals surface area contributed by atoms with Crippen molar-refractivity contribution in [1.29, 1.82) is 5.26 Å². The highest BCUT2D eigenvalue weighted by Gasteiger charge is 2.26. The minimum atomic E-state index is -0.641. The number of nitrogens with two attached hydrogens (primary N) is 1. The Hall–Kier alpha value is -4.05. The van der Waals surface area contributed by atoms with Gasteiger partial charge in [-0.3, -0.25) is 9.69 Å². The van der Waals surface area contributed by atoms with Crippen LogP contribution in [0.1, 0.15) is 34.1 Å². The van der Waals surface area contributed by atoms with Gasteiger partial charge in [-0.2, -0.15) is 5.26 Å². The van der Waals surface area contributed by atoms with Crippen LogP contribution in [0, 0.1) is 11.3 Å². The summed E-state index contributed by atoms with van der Waals surface area (Å²) in [4.78, 5) is 26.7. The third kappa shape index (κ3) is 2.99. The number of benzene rings is 2. The average molecular weight is 400 g/mol. The first-order valence-electron chi connectivity index (χ1n) is 9.47. The maximum Gasteiger partial charge on any atom is 0.357 e. The maximum atomic E-state index is 12.6. The Balaban J connectivity index is 1.94. The van der Waals surface area contributed by atoms with Gasteiger partial charge < -0.3 is 15.0 Å². The van der Waals surface area contributed by atoms with Crippen LogP contribution < -0.4 is 10.6 Å². The highest BCUT2D eigenvalue weighted by atomic mass is 16.5. The molecule has 1 aliphatic rings. The lowest BCUT2D eigenvalue weighted by Crippen LogP contribution is -2.24. The number of carbonyl (C=O) groups is 2. The number of hydrogen-bond donors (Lipinski definition) is 1. The molecule has 0 saturated carbocycles. The van der Waals surface area contributed by atoms with Crippen molar-refractivity contribution in [2.75, 3.05) is 17.7 Å². The molecular formula is C23H20N4O3. The second-order valence-corrected chi connectivity index (χ2v) is 7.07. The first-order valence-corrected chi connectivity index (χ1v) is 9.47. The molecule has 7 heteroatoms. The number of para-hydroxylation sites is 1. The topological polar surface area (TPSA) is 101 Å². The number of nitrogens with zero attached hydrogens (tertiary/aromatic N) is 3. The first kappa shape index (κ1) is 19.3. The third-order valence-electron chi connectivity index (χ3n) is 5.34. The van der Waals surface area contributed by atoms with E-state index >= 15 is 0 Å². The van der Waals surface area contributed by atoms with E-state index < -0.39 is 5.97 Å². The minimum absolute atomic E-state index is 0.0630. The van der Waals surface area contributed by atoms with Crippen LogP contribution in [-0.2, 0) is 22.4 Å². The summed E-state index contributed by atoms with van der Waals surface area (Å²) in [5, 5.41) is 9.36. The van der Waals surface area contributed by atoms with Crippen LogP contribution in [0.2, 0.25) is 0 Å². The number of nitriles is 1.